The van der Waals surface area contributed by atoms with E-state index in [4.69, 9.17) is 9.47 Å². The number of carbonyl (C=O) groups is 2. The lowest BCUT2D eigenvalue weighted by molar-refractivity contribution is -0.115. The number of nitrogens with one attached hydrogen (secondary N) is 2. The predicted molar refractivity (Wildman–Crippen MR) is 106 cm³/mol. The number of halogens is 5. The van der Waals surface area contributed by atoms with Crippen LogP contribution in [0.2, 0.25) is 0 Å². The number of para-hydroxylation sites is 1. The highest BCUT2D eigenvalue weighted by Crippen LogP contribution is 2.34. The van der Waals surface area contributed by atoms with Gasteiger partial charge < -0.3 is 20.1 Å². The third kappa shape index (κ3) is 4.29. The van der Waals surface area contributed by atoms with Gasteiger partial charge in [0.25, 0.3) is 5.91 Å². The maximum absolute atomic E-state index is 13.9. The molecule has 0 spiro atoms. The lowest BCUT2D eigenvalue weighted by Crippen LogP contribution is -2.21. The first-order valence-corrected chi connectivity index (χ1v) is 9.36. The SMILES string of the molecule is O=C(Cc1c(F)c(F)c(F)c(F)c1F)Nc1ccccc1C(=O)Nc1ccc2c(c1)OCO2. The molecule has 2 N–H and O–H groups in total. The number of fused-ring (bicyclic) bond motifs is 1. The van der Waals surface area contributed by atoms with E-state index in [-0.39, 0.29) is 18.0 Å². The van der Waals surface area contributed by atoms with Crippen molar-refractivity contribution in [3.8, 4) is 11.5 Å². The second kappa shape index (κ2) is 8.77. The van der Waals surface area contributed by atoms with Gasteiger partial charge in [0.15, 0.2) is 34.8 Å². The molecule has 1 heterocycles. The largest absolute Gasteiger partial charge is 0.454 e. The van der Waals surface area contributed by atoms with E-state index in [0.29, 0.717) is 17.2 Å². The van der Waals surface area contributed by atoms with Crippen LogP contribution in [0.5, 0.6) is 11.5 Å². The van der Waals surface area contributed by atoms with Crippen molar-refractivity contribution in [2.75, 3.05) is 17.4 Å². The number of anilines is 2. The monoisotopic (exact) mass is 464 g/mol. The van der Waals surface area contributed by atoms with E-state index >= 15 is 0 Å². The van der Waals surface area contributed by atoms with Crippen molar-refractivity contribution in [1.82, 2.24) is 0 Å². The predicted octanol–water partition coefficient (Wildman–Crippen LogP) is 4.54. The van der Waals surface area contributed by atoms with Crippen LogP contribution < -0.4 is 20.1 Å². The molecule has 0 fully saturated rings. The van der Waals surface area contributed by atoms with Crippen LogP contribution in [0.3, 0.4) is 0 Å². The van der Waals surface area contributed by atoms with E-state index in [2.05, 4.69) is 10.6 Å². The van der Waals surface area contributed by atoms with Gasteiger partial charge in [-0.05, 0) is 24.3 Å². The summed E-state index contributed by atoms with van der Waals surface area (Å²) in [7, 11) is 0. The molecule has 0 aliphatic carbocycles. The van der Waals surface area contributed by atoms with E-state index in [1.807, 2.05) is 0 Å². The molecule has 170 valence electrons. The zero-order valence-electron chi connectivity index (χ0n) is 16.5. The van der Waals surface area contributed by atoms with Crippen molar-refractivity contribution in [3.05, 3.63) is 82.7 Å². The number of hydrogen-bond acceptors (Lipinski definition) is 4. The molecule has 11 heteroatoms. The van der Waals surface area contributed by atoms with Crippen LogP contribution in [0.4, 0.5) is 33.3 Å². The van der Waals surface area contributed by atoms with E-state index in [1.165, 1.54) is 30.3 Å². The fraction of sp³-hybridized carbons (Fsp3) is 0.0909. The zero-order chi connectivity index (χ0) is 23.7. The number of ether oxygens (including phenoxy) is 2. The Balaban J connectivity index is 1.52. The minimum atomic E-state index is -2.32. The molecule has 33 heavy (non-hydrogen) atoms. The highest BCUT2D eigenvalue weighted by Gasteiger charge is 2.27. The standard InChI is InChI=1S/C22H13F5N2O4/c23-17-12(18(24)20(26)21(27)19(17)25)8-16(30)29-13-4-2-1-3-11(13)22(31)28-10-5-6-14-15(7-10)33-9-32-14/h1-7H,8-9H2,(H,28,31)(H,29,30). The summed E-state index contributed by atoms with van der Waals surface area (Å²) >= 11 is 0. The van der Waals surface area contributed by atoms with Crippen LogP contribution in [0.1, 0.15) is 15.9 Å². The number of hydrogen-bond donors (Lipinski definition) is 2. The first kappa shape index (κ1) is 22.1. The quantitative estimate of drug-likeness (QED) is 0.330. The molecule has 0 bridgehead atoms. The maximum Gasteiger partial charge on any atom is 0.257 e. The Morgan fingerprint density at radius 3 is 2.15 bits per heavy atom. The second-order valence-electron chi connectivity index (χ2n) is 6.84. The summed E-state index contributed by atoms with van der Waals surface area (Å²) in [6.45, 7) is 0.0463. The van der Waals surface area contributed by atoms with Crippen LogP contribution in [0, 0.1) is 29.1 Å². The Kier molecular flexibility index (Phi) is 5.86. The molecule has 3 aromatic carbocycles. The zero-order valence-corrected chi connectivity index (χ0v) is 16.5. The molecule has 2 amide bonds. The summed E-state index contributed by atoms with van der Waals surface area (Å²) in [6, 6.07) is 10.4. The van der Waals surface area contributed by atoms with Crippen molar-refractivity contribution in [2.24, 2.45) is 0 Å². The molecule has 1 aliphatic heterocycles. The molecule has 0 unspecified atom stereocenters. The van der Waals surface area contributed by atoms with Crippen LogP contribution in [-0.4, -0.2) is 18.6 Å². The smallest absolute Gasteiger partial charge is 0.257 e. The van der Waals surface area contributed by atoms with Crippen LogP contribution in [-0.2, 0) is 11.2 Å². The molecule has 0 saturated carbocycles. The normalized spacial score (nSPS) is 11.9. The summed E-state index contributed by atoms with van der Waals surface area (Å²) in [5, 5.41) is 4.86. The highest BCUT2D eigenvalue weighted by molar-refractivity contribution is 6.10. The summed E-state index contributed by atoms with van der Waals surface area (Å²) in [4.78, 5) is 25.0. The summed E-state index contributed by atoms with van der Waals surface area (Å²) < 4.78 is 78.1. The van der Waals surface area contributed by atoms with Gasteiger partial charge in [0.05, 0.1) is 17.7 Å². The van der Waals surface area contributed by atoms with E-state index in [1.54, 1.807) is 12.1 Å². The van der Waals surface area contributed by atoms with E-state index in [0.717, 1.165) is 0 Å². The number of carbonyl (C=O) groups excluding carboxylic acids is 2. The number of rotatable bonds is 5. The van der Waals surface area contributed by atoms with Gasteiger partial charge >= 0.3 is 0 Å². The van der Waals surface area contributed by atoms with Crippen LogP contribution >= 0.6 is 0 Å². The third-order valence-electron chi connectivity index (χ3n) is 4.71. The fourth-order valence-electron chi connectivity index (χ4n) is 3.12. The van der Waals surface area contributed by atoms with Crippen molar-refractivity contribution in [2.45, 2.75) is 6.42 Å². The molecular formula is C22H13F5N2O4. The van der Waals surface area contributed by atoms with Crippen molar-refractivity contribution < 1.29 is 41.0 Å². The van der Waals surface area contributed by atoms with Gasteiger partial charge in [-0.3, -0.25) is 9.59 Å². The van der Waals surface area contributed by atoms with Crippen molar-refractivity contribution in [1.29, 1.82) is 0 Å². The van der Waals surface area contributed by atoms with Crippen molar-refractivity contribution >= 4 is 23.2 Å². The molecule has 0 saturated heterocycles. The van der Waals surface area contributed by atoms with Gasteiger partial charge in [-0.2, -0.15) is 0 Å². The Morgan fingerprint density at radius 1 is 0.788 bits per heavy atom. The molecule has 6 nitrogen and oxygen atoms in total. The van der Waals surface area contributed by atoms with Gasteiger partial charge in [0.2, 0.25) is 18.5 Å². The van der Waals surface area contributed by atoms with Gasteiger partial charge in [-0.1, -0.05) is 12.1 Å². The van der Waals surface area contributed by atoms with Crippen LogP contribution in [0.25, 0.3) is 0 Å². The Labute approximate surface area is 182 Å². The molecule has 4 rings (SSSR count). The van der Waals surface area contributed by atoms with Gasteiger partial charge in [0.1, 0.15) is 0 Å². The highest BCUT2D eigenvalue weighted by atomic mass is 19.2. The lowest BCUT2D eigenvalue weighted by Gasteiger charge is -2.13. The molecule has 0 aromatic heterocycles. The molecule has 1 aliphatic rings. The Bertz CT molecular complexity index is 1250. The second-order valence-corrected chi connectivity index (χ2v) is 6.84. The molecule has 3 aromatic rings. The van der Waals surface area contributed by atoms with Gasteiger partial charge in [-0.15, -0.1) is 0 Å². The Hall–Kier alpha value is -4.15. The maximum atomic E-state index is 13.9. The molecule has 0 radical (unpaired) electrons. The average molecular weight is 464 g/mol. The average Bonchev–Trinajstić information content (AvgIpc) is 3.27. The van der Waals surface area contributed by atoms with E-state index in [9.17, 15) is 31.5 Å². The number of amides is 2. The van der Waals surface area contributed by atoms with Crippen molar-refractivity contribution in [3.63, 3.8) is 0 Å². The fourth-order valence-corrected chi connectivity index (χ4v) is 3.12. The summed E-state index contributed by atoms with van der Waals surface area (Å²) in [5.74, 6) is -11.6. The van der Waals surface area contributed by atoms with Gasteiger partial charge in [-0.25, -0.2) is 22.0 Å². The third-order valence-corrected chi connectivity index (χ3v) is 4.71. The van der Waals surface area contributed by atoms with Crippen LogP contribution in [0.15, 0.2) is 42.5 Å². The van der Waals surface area contributed by atoms with Gasteiger partial charge in [0, 0.05) is 17.3 Å². The summed E-state index contributed by atoms with van der Waals surface area (Å²) in [5.41, 5.74) is -0.969. The molecular weight excluding hydrogens is 451 g/mol. The Morgan fingerprint density at radius 2 is 1.42 bits per heavy atom. The first-order chi connectivity index (χ1) is 15.8. The van der Waals surface area contributed by atoms with E-state index < -0.39 is 52.9 Å². The number of benzene rings is 3. The summed E-state index contributed by atoms with van der Waals surface area (Å²) in [6.07, 6.45) is -1.15. The lowest BCUT2D eigenvalue weighted by atomic mass is 10.1. The topological polar surface area (TPSA) is 76.7 Å². The minimum absolute atomic E-state index is 0.0130. The minimum Gasteiger partial charge on any atom is -0.454 e. The molecule has 0 atom stereocenters. The first-order valence-electron chi connectivity index (χ1n) is 9.36.